The summed E-state index contributed by atoms with van der Waals surface area (Å²) in [5.74, 6) is 1.07. The molecule has 206 valence electrons. The van der Waals surface area contributed by atoms with E-state index in [0.29, 0.717) is 24.7 Å². The maximum atomic E-state index is 11.8. The van der Waals surface area contributed by atoms with Crippen molar-refractivity contribution in [2.75, 3.05) is 6.61 Å². The first-order chi connectivity index (χ1) is 17.4. The molecule has 0 aromatic carbocycles. The van der Waals surface area contributed by atoms with Crippen molar-refractivity contribution in [1.82, 2.24) is 0 Å². The Morgan fingerprint density at radius 3 is 2.62 bits per heavy atom. The van der Waals surface area contributed by atoms with Crippen LogP contribution in [0.1, 0.15) is 85.5 Å². The van der Waals surface area contributed by atoms with Gasteiger partial charge in [0.1, 0.15) is 11.7 Å². The number of carbonyl (C=O) groups excluding carboxylic acids is 1. The maximum Gasteiger partial charge on any atom is 0.508 e. The molecule has 0 bridgehead atoms. The lowest BCUT2D eigenvalue weighted by atomic mass is 9.60. The molecule has 6 heteroatoms. The second-order valence-electron chi connectivity index (χ2n) is 12.5. The van der Waals surface area contributed by atoms with E-state index in [1.807, 2.05) is 6.08 Å². The van der Waals surface area contributed by atoms with Gasteiger partial charge in [-0.25, -0.2) is 4.79 Å². The fraction of sp³-hybridized carbons (Fsp3) is 0.710. The minimum absolute atomic E-state index is 0.0945. The molecule has 6 atom stereocenters. The Balaban J connectivity index is 1.48. The Morgan fingerprint density at radius 1 is 1.22 bits per heavy atom. The third kappa shape index (κ3) is 5.76. The fourth-order valence-corrected chi connectivity index (χ4v) is 7.36. The zero-order valence-electron chi connectivity index (χ0n) is 23.0. The average molecular weight is 515 g/mol. The number of ether oxygens (including phenoxy) is 2. The quantitative estimate of drug-likeness (QED) is 0.295. The van der Waals surface area contributed by atoms with Crippen LogP contribution < -0.4 is 0 Å². The molecule has 4 aliphatic carbocycles. The normalized spacial score (nSPS) is 36.6. The highest BCUT2D eigenvalue weighted by Gasteiger charge is 2.60. The molecular weight excluding hydrogens is 468 g/mol. The van der Waals surface area contributed by atoms with Crippen LogP contribution in [0.15, 0.2) is 47.6 Å². The number of carbonyl (C=O) groups is 1. The number of hydrogen-bond acceptors (Lipinski definition) is 6. The van der Waals surface area contributed by atoms with Gasteiger partial charge < -0.3 is 24.8 Å². The van der Waals surface area contributed by atoms with Crippen molar-refractivity contribution in [3.63, 3.8) is 0 Å². The summed E-state index contributed by atoms with van der Waals surface area (Å²) in [4.78, 5) is 11.8. The largest absolute Gasteiger partial charge is 0.508 e. The lowest BCUT2D eigenvalue weighted by Gasteiger charge is -2.45. The zero-order valence-corrected chi connectivity index (χ0v) is 23.0. The number of aliphatic hydroxyl groups excluding tert-OH is 3. The van der Waals surface area contributed by atoms with Gasteiger partial charge in [0.05, 0.1) is 18.8 Å². The van der Waals surface area contributed by atoms with E-state index in [9.17, 15) is 20.1 Å². The van der Waals surface area contributed by atoms with Crippen molar-refractivity contribution < 1.29 is 29.6 Å². The summed E-state index contributed by atoms with van der Waals surface area (Å²) >= 11 is 0. The van der Waals surface area contributed by atoms with Gasteiger partial charge in [-0.3, -0.25) is 0 Å². The molecule has 37 heavy (non-hydrogen) atoms. The van der Waals surface area contributed by atoms with E-state index in [1.54, 1.807) is 20.8 Å². The molecular formula is C31H46O6. The fourth-order valence-electron chi connectivity index (χ4n) is 7.36. The molecule has 3 N–H and O–H groups in total. The van der Waals surface area contributed by atoms with Crippen molar-refractivity contribution in [2.45, 2.75) is 109 Å². The molecule has 0 spiro atoms. The third-order valence-corrected chi connectivity index (χ3v) is 9.68. The zero-order chi connectivity index (χ0) is 27.0. The van der Waals surface area contributed by atoms with Crippen molar-refractivity contribution in [3.05, 3.63) is 47.6 Å². The van der Waals surface area contributed by atoms with Gasteiger partial charge in [0.25, 0.3) is 0 Å². The molecule has 0 heterocycles. The van der Waals surface area contributed by atoms with Gasteiger partial charge in [-0.15, -0.1) is 0 Å². The van der Waals surface area contributed by atoms with E-state index in [1.165, 1.54) is 18.4 Å². The van der Waals surface area contributed by atoms with Crippen LogP contribution in [0.4, 0.5) is 4.79 Å². The summed E-state index contributed by atoms with van der Waals surface area (Å²) in [6.45, 7) is 11.9. The molecule has 4 saturated carbocycles. The van der Waals surface area contributed by atoms with E-state index in [0.717, 1.165) is 43.3 Å². The van der Waals surface area contributed by atoms with Crippen LogP contribution in [-0.2, 0) is 9.47 Å². The van der Waals surface area contributed by atoms with Crippen molar-refractivity contribution in [1.29, 1.82) is 0 Å². The van der Waals surface area contributed by atoms with E-state index in [2.05, 4.69) is 31.7 Å². The van der Waals surface area contributed by atoms with Crippen molar-refractivity contribution >= 4 is 6.16 Å². The van der Waals surface area contributed by atoms with Crippen LogP contribution >= 0.6 is 0 Å². The first-order valence-electron chi connectivity index (χ1n) is 14.1. The second-order valence-corrected chi connectivity index (χ2v) is 12.5. The average Bonchev–Trinajstić information content (AvgIpc) is 3.51. The predicted octanol–water partition coefficient (Wildman–Crippen LogP) is 5.78. The Morgan fingerprint density at radius 2 is 1.95 bits per heavy atom. The SMILES string of the molecule is C=C1/C(=C\C=C2/CCC[C@]3(C)[C@@H](C4(/C=C/[C@@H](O)C(C)(C)OC(=O)OCC)CC4)CC[C@@H]23)C[C@@H](O)C[C@@H]1O. The molecule has 0 unspecified atom stereocenters. The lowest BCUT2D eigenvalue weighted by molar-refractivity contribution is -0.0659. The van der Waals surface area contributed by atoms with Crippen molar-refractivity contribution in [2.24, 2.45) is 22.7 Å². The number of hydrogen-bond donors (Lipinski definition) is 3. The highest BCUT2D eigenvalue weighted by atomic mass is 16.7. The molecule has 0 radical (unpaired) electrons. The standard InChI is InChI=1S/C31H46O6/c1-6-36-28(35)37-29(3,4)27(34)13-15-31(16-17-31)26-12-11-24-21(8-7-14-30(24,26)5)9-10-22-18-23(32)19-25(33)20(22)2/h9-10,13,15,23-27,32-34H,2,6-8,11-12,14,16-19H2,1,3-5H3/b15-13+,21-9+,22-10-/t23-,24+,25+,26+,27-,30+/m1/s1. The van der Waals surface area contributed by atoms with Gasteiger partial charge in [-0.05, 0) is 106 Å². The van der Waals surface area contributed by atoms with Crippen LogP contribution in [0.3, 0.4) is 0 Å². The highest BCUT2D eigenvalue weighted by Crippen LogP contribution is 2.69. The summed E-state index contributed by atoms with van der Waals surface area (Å²) in [5, 5.41) is 31.2. The number of rotatable bonds is 7. The topological polar surface area (TPSA) is 96.2 Å². The Labute approximate surface area is 222 Å². The summed E-state index contributed by atoms with van der Waals surface area (Å²) in [6.07, 6.45) is 14.5. The summed E-state index contributed by atoms with van der Waals surface area (Å²) in [5.41, 5.74) is 2.41. The first kappa shape index (κ1) is 28.1. The highest BCUT2D eigenvalue weighted by molar-refractivity contribution is 5.60. The molecule has 0 aromatic rings. The Bertz CT molecular complexity index is 970. The number of allylic oxidation sites excluding steroid dienone is 4. The predicted molar refractivity (Wildman–Crippen MR) is 144 cm³/mol. The number of fused-ring (bicyclic) bond motifs is 1. The van der Waals surface area contributed by atoms with Gasteiger partial charge in [0.2, 0.25) is 0 Å². The molecule has 4 aliphatic rings. The molecule has 6 nitrogen and oxygen atoms in total. The number of aliphatic hydroxyl groups is 3. The minimum Gasteiger partial charge on any atom is -0.435 e. The lowest BCUT2D eigenvalue weighted by Crippen LogP contribution is -2.40. The van der Waals surface area contributed by atoms with Crippen LogP contribution in [0.25, 0.3) is 0 Å². The van der Waals surface area contributed by atoms with Gasteiger partial charge in [0.15, 0.2) is 0 Å². The maximum absolute atomic E-state index is 11.8. The van der Waals surface area contributed by atoms with E-state index in [4.69, 9.17) is 9.47 Å². The third-order valence-electron chi connectivity index (χ3n) is 9.68. The first-order valence-corrected chi connectivity index (χ1v) is 14.1. The molecule has 0 saturated heterocycles. The van der Waals surface area contributed by atoms with Crippen LogP contribution in [0, 0.1) is 22.7 Å². The molecule has 4 fully saturated rings. The molecule has 0 aromatic heterocycles. The van der Waals surface area contributed by atoms with Crippen molar-refractivity contribution in [3.8, 4) is 0 Å². The van der Waals surface area contributed by atoms with Gasteiger partial charge in [-0.1, -0.05) is 43.4 Å². The monoisotopic (exact) mass is 514 g/mol. The smallest absolute Gasteiger partial charge is 0.435 e. The molecule has 0 aliphatic heterocycles. The van der Waals surface area contributed by atoms with Crippen LogP contribution in [0.2, 0.25) is 0 Å². The second kappa shape index (κ2) is 10.7. The van der Waals surface area contributed by atoms with Crippen LogP contribution in [0.5, 0.6) is 0 Å². The van der Waals surface area contributed by atoms with Gasteiger partial charge in [0, 0.05) is 6.42 Å². The molecule has 4 rings (SSSR count). The Hall–Kier alpha value is -1.89. The van der Waals surface area contributed by atoms with Crippen LogP contribution in [-0.4, -0.2) is 52.0 Å². The summed E-state index contributed by atoms with van der Waals surface area (Å²) in [7, 11) is 0. The minimum atomic E-state index is -1.07. The molecule has 0 amide bonds. The Kier molecular flexibility index (Phi) is 8.14. The van der Waals surface area contributed by atoms with Gasteiger partial charge in [-0.2, -0.15) is 0 Å². The van der Waals surface area contributed by atoms with E-state index in [-0.39, 0.29) is 17.4 Å². The van der Waals surface area contributed by atoms with E-state index >= 15 is 0 Å². The summed E-state index contributed by atoms with van der Waals surface area (Å²) in [6, 6.07) is 0. The van der Waals surface area contributed by atoms with Gasteiger partial charge >= 0.3 is 6.16 Å². The summed E-state index contributed by atoms with van der Waals surface area (Å²) < 4.78 is 10.2. The van der Waals surface area contributed by atoms with E-state index < -0.39 is 30.1 Å².